The zero-order chi connectivity index (χ0) is 45.0. The Bertz CT molecular complexity index is 1940. The number of carbonyl (C=O) groups excluding carboxylic acids is 4. The lowest BCUT2D eigenvalue weighted by Gasteiger charge is -2.42. The minimum atomic E-state index is -1.52. The van der Waals surface area contributed by atoms with Gasteiger partial charge in [-0.05, 0) is 68.5 Å². The summed E-state index contributed by atoms with van der Waals surface area (Å²) in [5, 5.41) is 12.9. The smallest absolute Gasteiger partial charge is 0.407 e. The third kappa shape index (κ3) is 15.7. The molecule has 60 heavy (non-hydrogen) atoms. The van der Waals surface area contributed by atoms with E-state index in [1.54, 1.807) is 33.0 Å². The quantitative estimate of drug-likeness (QED) is 0.0446. The van der Waals surface area contributed by atoms with E-state index in [2.05, 4.69) is 37.6 Å². The molecule has 1 aromatic heterocycles. The van der Waals surface area contributed by atoms with Crippen LogP contribution in [0.15, 0.2) is 60.8 Å². The van der Waals surface area contributed by atoms with Crippen molar-refractivity contribution in [2.45, 2.75) is 111 Å². The Morgan fingerprint density at radius 2 is 1.58 bits per heavy atom. The van der Waals surface area contributed by atoms with Crippen LogP contribution in [0.3, 0.4) is 0 Å². The van der Waals surface area contributed by atoms with Crippen molar-refractivity contribution < 1.29 is 47.3 Å². The fraction of sp³-hybridized carbons (Fsp3) is 0.523. The largest absolute Gasteiger partial charge is 0.480 e. The molecule has 0 aliphatic carbocycles. The van der Waals surface area contributed by atoms with Gasteiger partial charge in [0.25, 0.3) is 0 Å². The number of carboxylic acid groups (broad SMARTS) is 1. The van der Waals surface area contributed by atoms with E-state index < -0.39 is 85.6 Å². The van der Waals surface area contributed by atoms with Gasteiger partial charge in [-0.2, -0.15) is 12.6 Å². The Hall–Kier alpha value is -4.70. The van der Waals surface area contributed by atoms with E-state index in [-0.39, 0.29) is 43.9 Å². The second-order valence-corrected chi connectivity index (χ2v) is 24.1. The molecule has 2 atom stereocenters. The van der Waals surface area contributed by atoms with Gasteiger partial charge in [0.2, 0.25) is 11.8 Å². The van der Waals surface area contributed by atoms with E-state index in [1.165, 1.54) is 4.90 Å². The maximum atomic E-state index is 15.3. The predicted octanol–water partition coefficient (Wildman–Crippen LogP) is 8.19. The topological polar surface area (TPSA) is 147 Å². The summed E-state index contributed by atoms with van der Waals surface area (Å²) in [7, 11) is -1.45. The highest BCUT2D eigenvalue weighted by atomic mass is 32.1. The Labute approximate surface area is 359 Å². The van der Waals surface area contributed by atoms with Crippen molar-refractivity contribution >= 4 is 50.5 Å². The first-order chi connectivity index (χ1) is 27.9. The summed E-state index contributed by atoms with van der Waals surface area (Å²) in [6.45, 7) is 17.3. The highest BCUT2D eigenvalue weighted by molar-refractivity contribution is 7.80. The standard InChI is InChI=1S/C44H62F2N4O8SSi/c1-43(2,3)40(35-24-31(33-25-32(45)16-17-34(33)46)27-48(35)26-30-14-11-10-12-15-30)49(21-13-20-47-42(56)57-22-23-60(7,8)9)38(52)28-50(36(29-59)41(54)55)37(51)18-19-39(53)58-44(4,5)6/h10-12,14-17,24-25,27,36,40,59H,13,18-23,26,28-29H2,1-9H3,(H,47,56)(H,54,55). The number of esters is 1. The number of ether oxygens (including phenoxy) is 2. The molecule has 2 aromatic carbocycles. The molecule has 0 fully saturated rings. The third-order valence-electron chi connectivity index (χ3n) is 9.45. The molecule has 0 aliphatic rings. The summed E-state index contributed by atoms with van der Waals surface area (Å²) in [6, 6.07) is 12.8. The summed E-state index contributed by atoms with van der Waals surface area (Å²) in [6.07, 6.45) is 0.563. The summed E-state index contributed by atoms with van der Waals surface area (Å²) in [5.74, 6) is -5.04. The number of aromatic nitrogens is 1. The monoisotopic (exact) mass is 872 g/mol. The van der Waals surface area contributed by atoms with Crippen LogP contribution in [0.4, 0.5) is 13.6 Å². The molecule has 2 N–H and O–H groups in total. The first kappa shape index (κ1) is 49.7. The number of halogens is 2. The van der Waals surface area contributed by atoms with Crippen LogP contribution in [0.25, 0.3) is 11.1 Å². The van der Waals surface area contributed by atoms with Crippen LogP contribution >= 0.6 is 12.6 Å². The number of thiol groups is 1. The van der Waals surface area contributed by atoms with Crippen LogP contribution in [-0.2, 0) is 35.2 Å². The molecule has 0 saturated heterocycles. The average Bonchev–Trinajstić information content (AvgIpc) is 3.53. The van der Waals surface area contributed by atoms with Crippen LogP contribution in [0, 0.1) is 17.0 Å². The van der Waals surface area contributed by atoms with E-state index in [0.29, 0.717) is 17.8 Å². The number of nitrogens with one attached hydrogen (secondary N) is 1. The van der Waals surface area contributed by atoms with Gasteiger partial charge >= 0.3 is 18.0 Å². The van der Waals surface area contributed by atoms with Gasteiger partial charge in [0.1, 0.15) is 29.8 Å². The Kier molecular flexibility index (Phi) is 18.0. The van der Waals surface area contributed by atoms with Crippen LogP contribution in [0.1, 0.15) is 78.1 Å². The van der Waals surface area contributed by atoms with Crippen LogP contribution < -0.4 is 5.32 Å². The lowest BCUT2D eigenvalue weighted by Crippen LogP contribution is -2.53. The van der Waals surface area contributed by atoms with E-state index in [9.17, 15) is 33.5 Å². The molecular formula is C44H62F2N4O8SSi. The number of hydrogen-bond donors (Lipinski definition) is 3. The number of alkyl carbamates (subject to hydrolysis) is 1. The van der Waals surface area contributed by atoms with Crippen molar-refractivity contribution in [2.24, 2.45) is 5.41 Å². The Balaban J connectivity index is 2.13. The van der Waals surface area contributed by atoms with E-state index >= 15 is 4.39 Å². The van der Waals surface area contributed by atoms with E-state index in [0.717, 1.165) is 34.7 Å². The molecule has 12 nitrogen and oxygen atoms in total. The molecule has 3 amide bonds. The molecule has 330 valence electrons. The normalized spacial score (nSPS) is 12.9. The molecule has 0 aliphatic heterocycles. The SMILES string of the molecule is CC(C)(C)OC(=O)CCC(=O)N(CC(=O)N(CCCNC(=O)OCC[Si](C)(C)C)C(c1cc(-c2cc(F)ccc2F)cn1Cc1ccccc1)C(C)(C)C)C(CS)C(=O)O. The van der Waals surface area contributed by atoms with Crippen LogP contribution in [0.2, 0.25) is 25.7 Å². The van der Waals surface area contributed by atoms with Gasteiger partial charge < -0.3 is 34.3 Å². The van der Waals surface area contributed by atoms with Gasteiger partial charge in [-0.1, -0.05) is 70.7 Å². The molecule has 0 saturated carbocycles. The number of rotatable bonds is 20. The zero-order valence-electron chi connectivity index (χ0n) is 36.3. The van der Waals surface area contributed by atoms with E-state index in [1.807, 2.05) is 55.7 Å². The van der Waals surface area contributed by atoms with Gasteiger partial charge in [0, 0.05) is 62.9 Å². The molecule has 0 spiro atoms. The number of amides is 3. The summed E-state index contributed by atoms with van der Waals surface area (Å²) in [5.41, 5.74) is 0.259. The van der Waals surface area contributed by atoms with Gasteiger partial charge in [-0.15, -0.1) is 0 Å². The number of carboxylic acids is 1. The summed E-state index contributed by atoms with van der Waals surface area (Å²) in [4.78, 5) is 68.8. The van der Waals surface area contributed by atoms with Gasteiger partial charge in [-0.25, -0.2) is 18.4 Å². The predicted molar refractivity (Wildman–Crippen MR) is 233 cm³/mol. The molecule has 0 radical (unpaired) electrons. The number of carbonyl (C=O) groups is 5. The molecule has 1 heterocycles. The van der Waals surface area contributed by atoms with Crippen LogP contribution in [-0.4, -0.2) is 101 Å². The molecule has 3 rings (SSSR count). The minimum absolute atomic E-state index is 0.0188. The van der Waals surface area contributed by atoms with Crippen molar-refractivity contribution in [1.29, 1.82) is 0 Å². The highest BCUT2D eigenvalue weighted by Gasteiger charge is 2.39. The molecular weight excluding hydrogens is 811 g/mol. The lowest BCUT2D eigenvalue weighted by molar-refractivity contribution is -0.157. The average molecular weight is 873 g/mol. The first-order valence-electron chi connectivity index (χ1n) is 20.1. The number of hydrogen-bond acceptors (Lipinski definition) is 8. The number of benzene rings is 2. The van der Waals surface area contributed by atoms with Crippen LogP contribution in [0.5, 0.6) is 0 Å². The number of aliphatic carboxylic acids is 1. The molecule has 16 heteroatoms. The fourth-order valence-electron chi connectivity index (χ4n) is 6.61. The van der Waals surface area contributed by atoms with Crippen molar-refractivity contribution in [3.63, 3.8) is 0 Å². The summed E-state index contributed by atoms with van der Waals surface area (Å²) < 4.78 is 42.5. The first-order valence-corrected chi connectivity index (χ1v) is 24.5. The van der Waals surface area contributed by atoms with Crippen molar-refractivity contribution in [3.8, 4) is 11.1 Å². The Morgan fingerprint density at radius 3 is 2.17 bits per heavy atom. The second kappa shape index (κ2) is 21.7. The molecule has 0 bridgehead atoms. The Morgan fingerprint density at radius 1 is 0.917 bits per heavy atom. The summed E-state index contributed by atoms with van der Waals surface area (Å²) >= 11 is 4.21. The maximum absolute atomic E-state index is 15.3. The van der Waals surface area contributed by atoms with Crippen molar-refractivity contribution in [3.05, 3.63) is 83.7 Å². The van der Waals surface area contributed by atoms with Gasteiger partial charge in [0.15, 0.2) is 0 Å². The fourth-order valence-corrected chi connectivity index (χ4v) is 7.68. The lowest BCUT2D eigenvalue weighted by atomic mass is 9.82. The molecule has 2 unspecified atom stereocenters. The second-order valence-electron chi connectivity index (χ2n) is 18.1. The van der Waals surface area contributed by atoms with E-state index in [4.69, 9.17) is 9.47 Å². The number of nitrogens with zero attached hydrogens (tertiary/aromatic N) is 3. The minimum Gasteiger partial charge on any atom is -0.480 e. The molecule has 3 aromatic rings. The zero-order valence-corrected chi connectivity index (χ0v) is 38.2. The van der Waals surface area contributed by atoms with Gasteiger partial charge in [-0.3, -0.25) is 14.4 Å². The maximum Gasteiger partial charge on any atom is 0.407 e. The van der Waals surface area contributed by atoms with Crippen molar-refractivity contribution in [2.75, 3.05) is 32.0 Å². The highest BCUT2D eigenvalue weighted by Crippen LogP contribution is 2.41. The van der Waals surface area contributed by atoms with Gasteiger partial charge in [0.05, 0.1) is 19.1 Å². The van der Waals surface area contributed by atoms with Crippen molar-refractivity contribution in [1.82, 2.24) is 19.7 Å². The third-order valence-corrected chi connectivity index (χ3v) is 11.5.